The average molecular weight is 249 g/mol. The van der Waals surface area contributed by atoms with Gasteiger partial charge in [0.25, 0.3) is 0 Å². The molecule has 0 radical (unpaired) electrons. The van der Waals surface area contributed by atoms with E-state index in [0.717, 1.165) is 35.9 Å². The SMILES string of the molecule is CCCNCc1c(SCC)nc2ccccn12. The van der Waals surface area contributed by atoms with E-state index in [1.165, 1.54) is 5.69 Å². The summed E-state index contributed by atoms with van der Waals surface area (Å²) in [7, 11) is 0. The summed E-state index contributed by atoms with van der Waals surface area (Å²) < 4.78 is 2.18. The van der Waals surface area contributed by atoms with Gasteiger partial charge in [0.15, 0.2) is 0 Å². The molecule has 2 aromatic heterocycles. The highest BCUT2D eigenvalue weighted by atomic mass is 32.2. The third-order valence-corrected chi connectivity index (χ3v) is 3.48. The van der Waals surface area contributed by atoms with Crippen LogP contribution in [0.25, 0.3) is 5.65 Å². The molecular weight excluding hydrogens is 230 g/mol. The lowest BCUT2D eigenvalue weighted by atomic mass is 10.4. The maximum atomic E-state index is 4.67. The van der Waals surface area contributed by atoms with E-state index in [9.17, 15) is 0 Å². The van der Waals surface area contributed by atoms with Gasteiger partial charge in [0.2, 0.25) is 0 Å². The third-order valence-electron chi connectivity index (χ3n) is 2.59. The van der Waals surface area contributed by atoms with Crippen LogP contribution in [-0.2, 0) is 6.54 Å². The summed E-state index contributed by atoms with van der Waals surface area (Å²) in [5, 5.41) is 4.61. The average Bonchev–Trinajstić information content (AvgIpc) is 2.69. The Morgan fingerprint density at radius 3 is 3.00 bits per heavy atom. The first kappa shape index (κ1) is 12.5. The predicted octanol–water partition coefficient (Wildman–Crippen LogP) is 2.95. The Hall–Kier alpha value is -1.00. The molecule has 0 saturated heterocycles. The molecule has 2 aromatic rings. The summed E-state index contributed by atoms with van der Waals surface area (Å²) in [6, 6.07) is 6.15. The second kappa shape index (κ2) is 6.07. The van der Waals surface area contributed by atoms with E-state index in [2.05, 4.69) is 46.9 Å². The number of fused-ring (bicyclic) bond motifs is 1. The van der Waals surface area contributed by atoms with Crippen LogP contribution in [0.2, 0.25) is 0 Å². The van der Waals surface area contributed by atoms with Gasteiger partial charge in [-0.3, -0.25) is 0 Å². The number of hydrogen-bond acceptors (Lipinski definition) is 3. The highest BCUT2D eigenvalue weighted by molar-refractivity contribution is 7.99. The summed E-state index contributed by atoms with van der Waals surface area (Å²) >= 11 is 1.81. The quantitative estimate of drug-likeness (QED) is 0.630. The Morgan fingerprint density at radius 1 is 1.35 bits per heavy atom. The van der Waals surface area contributed by atoms with Crippen molar-refractivity contribution in [3.05, 3.63) is 30.1 Å². The van der Waals surface area contributed by atoms with E-state index in [1.807, 2.05) is 17.8 Å². The van der Waals surface area contributed by atoms with Gasteiger partial charge in [0.1, 0.15) is 10.7 Å². The van der Waals surface area contributed by atoms with E-state index < -0.39 is 0 Å². The van der Waals surface area contributed by atoms with Crippen LogP contribution in [0.3, 0.4) is 0 Å². The summed E-state index contributed by atoms with van der Waals surface area (Å²) in [5.74, 6) is 1.06. The third kappa shape index (κ3) is 2.82. The van der Waals surface area contributed by atoms with Gasteiger partial charge in [-0.2, -0.15) is 0 Å². The smallest absolute Gasteiger partial charge is 0.138 e. The highest BCUT2D eigenvalue weighted by Gasteiger charge is 2.10. The van der Waals surface area contributed by atoms with Gasteiger partial charge in [-0.1, -0.05) is 19.9 Å². The van der Waals surface area contributed by atoms with Crippen LogP contribution >= 0.6 is 11.8 Å². The van der Waals surface area contributed by atoms with Crippen LogP contribution in [-0.4, -0.2) is 21.7 Å². The number of thioether (sulfide) groups is 1. The van der Waals surface area contributed by atoms with E-state index >= 15 is 0 Å². The highest BCUT2D eigenvalue weighted by Crippen LogP contribution is 2.23. The number of rotatable bonds is 6. The van der Waals surface area contributed by atoms with Crippen LogP contribution in [0.4, 0.5) is 0 Å². The minimum absolute atomic E-state index is 0.890. The van der Waals surface area contributed by atoms with Crippen molar-refractivity contribution in [2.75, 3.05) is 12.3 Å². The van der Waals surface area contributed by atoms with Crippen LogP contribution in [0.15, 0.2) is 29.4 Å². The molecule has 0 amide bonds. The van der Waals surface area contributed by atoms with Gasteiger partial charge in [-0.25, -0.2) is 4.98 Å². The largest absolute Gasteiger partial charge is 0.311 e. The molecule has 17 heavy (non-hydrogen) atoms. The molecule has 4 heteroatoms. The van der Waals surface area contributed by atoms with Crippen molar-refractivity contribution >= 4 is 17.4 Å². The van der Waals surface area contributed by atoms with Crippen molar-refractivity contribution in [3.8, 4) is 0 Å². The summed E-state index contributed by atoms with van der Waals surface area (Å²) in [5.41, 5.74) is 2.32. The zero-order chi connectivity index (χ0) is 12.1. The lowest BCUT2D eigenvalue weighted by molar-refractivity contribution is 0.653. The molecule has 0 aliphatic rings. The van der Waals surface area contributed by atoms with Crippen molar-refractivity contribution in [1.29, 1.82) is 0 Å². The molecule has 0 saturated carbocycles. The van der Waals surface area contributed by atoms with Crippen molar-refractivity contribution in [2.24, 2.45) is 0 Å². The Kier molecular flexibility index (Phi) is 4.45. The van der Waals surface area contributed by atoms with Gasteiger partial charge in [0, 0.05) is 12.7 Å². The summed E-state index contributed by atoms with van der Waals surface area (Å²) in [6.45, 7) is 6.29. The number of aromatic nitrogens is 2. The normalized spacial score (nSPS) is 11.2. The number of hydrogen-bond donors (Lipinski definition) is 1. The lowest BCUT2D eigenvalue weighted by Crippen LogP contribution is -2.15. The van der Waals surface area contributed by atoms with E-state index in [-0.39, 0.29) is 0 Å². The van der Waals surface area contributed by atoms with Crippen LogP contribution in [0.5, 0.6) is 0 Å². The topological polar surface area (TPSA) is 29.3 Å². The lowest BCUT2D eigenvalue weighted by Gasteiger charge is -2.05. The fraction of sp³-hybridized carbons (Fsp3) is 0.462. The Balaban J connectivity index is 2.30. The Morgan fingerprint density at radius 2 is 2.24 bits per heavy atom. The molecule has 0 aliphatic carbocycles. The Bertz CT molecular complexity index is 478. The molecule has 92 valence electrons. The zero-order valence-corrected chi connectivity index (χ0v) is 11.3. The molecule has 0 atom stereocenters. The summed E-state index contributed by atoms with van der Waals surface area (Å²) in [4.78, 5) is 4.67. The van der Waals surface area contributed by atoms with Gasteiger partial charge >= 0.3 is 0 Å². The fourth-order valence-electron chi connectivity index (χ4n) is 1.82. The predicted molar refractivity (Wildman–Crippen MR) is 73.6 cm³/mol. The van der Waals surface area contributed by atoms with E-state index in [4.69, 9.17) is 0 Å². The zero-order valence-electron chi connectivity index (χ0n) is 10.4. The number of imidazole rings is 1. The van der Waals surface area contributed by atoms with Gasteiger partial charge in [0.05, 0.1) is 5.69 Å². The molecule has 0 unspecified atom stereocenters. The fourth-order valence-corrected chi connectivity index (χ4v) is 2.59. The van der Waals surface area contributed by atoms with Crippen molar-refractivity contribution < 1.29 is 0 Å². The second-order valence-electron chi connectivity index (χ2n) is 3.90. The number of nitrogens with one attached hydrogen (secondary N) is 1. The van der Waals surface area contributed by atoms with E-state index in [0.29, 0.717) is 0 Å². The van der Waals surface area contributed by atoms with Crippen molar-refractivity contribution in [3.63, 3.8) is 0 Å². The minimum Gasteiger partial charge on any atom is -0.311 e. The second-order valence-corrected chi connectivity index (χ2v) is 5.16. The maximum absolute atomic E-state index is 4.67. The molecule has 1 N–H and O–H groups in total. The van der Waals surface area contributed by atoms with Crippen molar-refractivity contribution in [2.45, 2.75) is 31.8 Å². The summed E-state index contributed by atoms with van der Waals surface area (Å²) in [6.07, 6.45) is 3.25. The van der Waals surface area contributed by atoms with Gasteiger partial charge in [-0.15, -0.1) is 11.8 Å². The molecule has 0 fully saturated rings. The molecule has 0 spiro atoms. The number of pyridine rings is 1. The molecule has 2 heterocycles. The molecule has 0 bridgehead atoms. The maximum Gasteiger partial charge on any atom is 0.138 e. The molecule has 0 aliphatic heterocycles. The number of nitrogens with zero attached hydrogens (tertiary/aromatic N) is 2. The Labute approximate surface area is 107 Å². The molecule has 3 nitrogen and oxygen atoms in total. The van der Waals surface area contributed by atoms with Crippen molar-refractivity contribution in [1.82, 2.24) is 14.7 Å². The standard InChI is InChI=1S/C13H19N3S/c1-3-8-14-10-11-13(17-4-2)15-12-7-5-6-9-16(11)12/h5-7,9,14H,3-4,8,10H2,1-2H3. The van der Waals surface area contributed by atoms with E-state index in [1.54, 1.807) is 0 Å². The first-order chi connectivity index (χ1) is 8.36. The first-order valence-corrected chi connectivity index (χ1v) is 7.14. The monoisotopic (exact) mass is 249 g/mol. The van der Waals surface area contributed by atoms with Gasteiger partial charge < -0.3 is 9.72 Å². The first-order valence-electron chi connectivity index (χ1n) is 6.16. The van der Waals surface area contributed by atoms with Crippen LogP contribution in [0.1, 0.15) is 26.0 Å². The van der Waals surface area contributed by atoms with Gasteiger partial charge in [-0.05, 0) is 30.9 Å². The minimum atomic E-state index is 0.890. The van der Waals surface area contributed by atoms with Crippen LogP contribution < -0.4 is 5.32 Å². The molecular formula is C13H19N3S. The molecule has 2 rings (SSSR count). The van der Waals surface area contributed by atoms with Crippen LogP contribution in [0, 0.1) is 0 Å². The molecule has 0 aromatic carbocycles.